The largest absolute Gasteiger partial charge is 0.464 e. The fraction of sp³-hybridized carbons (Fsp3) is 0.231. The van der Waals surface area contributed by atoms with Crippen LogP contribution in [0, 0.1) is 6.92 Å². The first-order chi connectivity index (χ1) is 8.63. The summed E-state index contributed by atoms with van der Waals surface area (Å²) < 4.78 is 10.3. The highest BCUT2D eigenvalue weighted by atomic mass is 16.5. The molecule has 94 valence electrons. The van der Waals surface area contributed by atoms with Crippen molar-refractivity contribution in [2.75, 3.05) is 12.3 Å². The van der Waals surface area contributed by atoms with Crippen molar-refractivity contribution in [2.24, 2.45) is 0 Å². The molecule has 5 heteroatoms. The lowest BCUT2D eigenvalue weighted by Gasteiger charge is -2.10. The van der Waals surface area contributed by atoms with Crippen LogP contribution in [0.2, 0.25) is 0 Å². The molecule has 5 nitrogen and oxygen atoms in total. The molecule has 0 saturated carbocycles. The van der Waals surface area contributed by atoms with Gasteiger partial charge < -0.3 is 14.9 Å². The second-order valence-electron chi connectivity index (χ2n) is 3.77. The lowest BCUT2D eigenvalue weighted by Crippen LogP contribution is -2.11. The van der Waals surface area contributed by atoms with E-state index in [4.69, 9.17) is 14.9 Å². The van der Waals surface area contributed by atoms with Gasteiger partial charge in [0.05, 0.1) is 12.9 Å². The van der Waals surface area contributed by atoms with Gasteiger partial charge in [0.1, 0.15) is 17.1 Å². The van der Waals surface area contributed by atoms with E-state index in [1.165, 1.54) is 6.26 Å². The Balaban J connectivity index is 2.59. The number of nitrogens with zero attached hydrogens (tertiary/aromatic N) is 1. The number of aryl methyl sites for hydroxylation is 1. The molecule has 0 radical (unpaired) electrons. The Bertz CT molecular complexity index is 562. The molecule has 0 aliphatic rings. The number of rotatable bonds is 3. The van der Waals surface area contributed by atoms with Gasteiger partial charge in [-0.25, -0.2) is 9.78 Å². The molecule has 0 aromatic carbocycles. The van der Waals surface area contributed by atoms with E-state index in [1.807, 2.05) is 0 Å². The van der Waals surface area contributed by atoms with Crippen LogP contribution >= 0.6 is 0 Å². The molecule has 0 unspecified atom stereocenters. The van der Waals surface area contributed by atoms with Crippen LogP contribution in [0.1, 0.15) is 23.0 Å². The number of nitrogen functional groups attached to an aromatic ring is 1. The molecule has 2 rings (SSSR count). The van der Waals surface area contributed by atoms with E-state index >= 15 is 0 Å². The first-order valence-electron chi connectivity index (χ1n) is 5.61. The van der Waals surface area contributed by atoms with Crippen LogP contribution in [0.5, 0.6) is 0 Å². The van der Waals surface area contributed by atoms with Crippen LogP contribution in [-0.4, -0.2) is 17.6 Å². The van der Waals surface area contributed by atoms with E-state index in [1.54, 1.807) is 32.0 Å². The molecule has 0 bridgehead atoms. The van der Waals surface area contributed by atoms with E-state index in [2.05, 4.69) is 4.98 Å². The summed E-state index contributed by atoms with van der Waals surface area (Å²) >= 11 is 0. The molecule has 0 spiro atoms. The predicted octanol–water partition coefficient (Wildman–Crippen LogP) is 2.41. The molecular formula is C13H14N2O3. The number of aromatic nitrogens is 1. The van der Waals surface area contributed by atoms with Crippen LogP contribution in [0.25, 0.3) is 11.3 Å². The van der Waals surface area contributed by atoms with Gasteiger partial charge in [-0.3, -0.25) is 0 Å². The number of anilines is 1. The monoisotopic (exact) mass is 246 g/mol. The second-order valence-corrected chi connectivity index (χ2v) is 3.77. The van der Waals surface area contributed by atoms with E-state index < -0.39 is 5.97 Å². The third-order valence-corrected chi connectivity index (χ3v) is 2.44. The zero-order chi connectivity index (χ0) is 13.1. The molecule has 0 fully saturated rings. The zero-order valence-electron chi connectivity index (χ0n) is 10.3. The molecule has 2 N–H and O–H groups in total. The SMILES string of the molecule is CCOC(=O)c1c(-c2ccco2)cc(C)nc1N. The number of ether oxygens (including phenoxy) is 1. The van der Waals surface area contributed by atoms with Crippen LogP contribution in [-0.2, 0) is 4.74 Å². The first kappa shape index (κ1) is 12.2. The third kappa shape index (κ3) is 2.20. The van der Waals surface area contributed by atoms with Crippen LogP contribution in [0.3, 0.4) is 0 Å². The summed E-state index contributed by atoms with van der Waals surface area (Å²) in [6.07, 6.45) is 1.54. The molecule has 0 aliphatic carbocycles. The Morgan fingerprint density at radius 2 is 2.33 bits per heavy atom. The summed E-state index contributed by atoms with van der Waals surface area (Å²) in [6.45, 7) is 3.82. The van der Waals surface area contributed by atoms with Gasteiger partial charge in [0.15, 0.2) is 0 Å². The number of carbonyl (C=O) groups excluding carboxylic acids is 1. The summed E-state index contributed by atoms with van der Waals surface area (Å²) in [5.74, 6) is 0.226. The summed E-state index contributed by atoms with van der Waals surface area (Å²) in [6, 6.07) is 5.26. The number of hydrogen-bond acceptors (Lipinski definition) is 5. The van der Waals surface area contributed by atoms with Gasteiger partial charge in [-0.2, -0.15) is 0 Å². The molecule has 0 amide bonds. The summed E-state index contributed by atoms with van der Waals surface area (Å²) in [4.78, 5) is 16.0. The second kappa shape index (κ2) is 4.91. The van der Waals surface area contributed by atoms with Crippen molar-refractivity contribution in [2.45, 2.75) is 13.8 Å². The van der Waals surface area contributed by atoms with Crippen molar-refractivity contribution in [1.82, 2.24) is 4.98 Å². The first-order valence-corrected chi connectivity index (χ1v) is 5.61. The summed E-state index contributed by atoms with van der Waals surface area (Å²) in [5.41, 5.74) is 7.37. The minimum absolute atomic E-state index is 0.153. The minimum atomic E-state index is -0.492. The van der Waals surface area contributed by atoms with E-state index in [9.17, 15) is 4.79 Å². The Kier molecular flexibility index (Phi) is 3.32. The Morgan fingerprint density at radius 3 is 2.94 bits per heavy atom. The highest BCUT2D eigenvalue weighted by Gasteiger charge is 2.20. The van der Waals surface area contributed by atoms with E-state index in [0.717, 1.165) is 0 Å². The maximum atomic E-state index is 11.9. The van der Waals surface area contributed by atoms with Crippen LogP contribution in [0.15, 0.2) is 28.9 Å². The van der Waals surface area contributed by atoms with Gasteiger partial charge in [-0.1, -0.05) is 0 Å². The number of carbonyl (C=O) groups is 1. The topological polar surface area (TPSA) is 78.3 Å². The quantitative estimate of drug-likeness (QED) is 0.841. The lowest BCUT2D eigenvalue weighted by molar-refractivity contribution is 0.0528. The molecule has 2 aromatic heterocycles. The maximum Gasteiger partial charge on any atom is 0.342 e. The van der Waals surface area contributed by atoms with Crippen molar-refractivity contribution < 1.29 is 13.9 Å². The molecule has 0 atom stereocenters. The average Bonchev–Trinajstić information content (AvgIpc) is 2.81. The van der Waals surface area contributed by atoms with Crippen LogP contribution in [0.4, 0.5) is 5.82 Å². The highest BCUT2D eigenvalue weighted by molar-refractivity contribution is 6.01. The summed E-state index contributed by atoms with van der Waals surface area (Å²) in [7, 11) is 0. The fourth-order valence-corrected chi connectivity index (χ4v) is 1.74. The Hall–Kier alpha value is -2.30. The van der Waals surface area contributed by atoms with Crippen molar-refractivity contribution in [3.63, 3.8) is 0 Å². The van der Waals surface area contributed by atoms with Crippen molar-refractivity contribution >= 4 is 11.8 Å². The molecule has 0 saturated heterocycles. The van der Waals surface area contributed by atoms with Gasteiger partial charge in [-0.15, -0.1) is 0 Å². The van der Waals surface area contributed by atoms with Gasteiger partial charge in [0.2, 0.25) is 0 Å². The minimum Gasteiger partial charge on any atom is -0.464 e. The van der Waals surface area contributed by atoms with Gasteiger partial charge in [0.25, 0.3) is 0 Å². The van der Waals surface area contributed by atoms with Crippen LogP contribution < -0.4 is 5.73 Å². The molecule has 18 heavy (non-hydrogen) atoms. The predicted molar refractivity (Wildman–Crippen MR) is 67.0 cm³/mol. The Morgan fingerprint density at radius 1 is 1.56 bits per heavy atom. The molecule has 0 aliphatic heterocycles. The highest BCUT2D eigenvalue weighted by Crippen LogP contribution is 2.28. The molecule has 2 heterocycles. The molecule has 2 aromatic rings. The average molecular weight is 246 g/mol. The summed E-state index contributed by atoms with van der Waals surface area (Å²) in [5, 5.41) is 0. The third-order valence-electron chi connectivity index (χ3n) is 2.44. The zero-order valence-corrected chi connectivity index (χ0v) is 10.3. The van der Waals surface area contributed by atoms with Crippen molar-refractivity contribution in [1.29, 1.82) is 0 Å². The number of nitrogens with two attached hydrogens (primary N) is 1. The van der Waals surface area contributed by atoms with Gasteiger partial charge >= 0.3 is 5.97 Å². The van der Waals surface area contributed by atoms with E-state index in [-0.39, 0.29) is 18.0 Å². The number of furan rings is 1. The maximum absolute atomic E-state index is 11.9. The molecular weight excluding hydrogens is 232 g/mol. The smallest absolute Gasteiger partial charge is 0.342 e. The lowest BCUT2D eigenvalue weighted by atomic mass is 10.1. The van der Waals surface area contributed by atoms with E-state index in [0.29, 0.717) is 17.0 Å². The van der Waals surface area contributed by atoms with Gasteiger partial charge in [-0.05, 0) is 32.0 Å². The standard InChI is InChI=1S/C13H14N2O3/c1-3-17-13(16)11-9(10-5-4-6-18-10)7-8(2)15-12(11)14/h4-7H,3H2,1-2H3,(H2,14,15). The number of pyridine rings is 1. The van der Waals surface area contributed by atoms with Crippen molar-refractivity contribution in [3.8, 4) is 11.3 Å². The Labute approximate surface area is 105 Å². The normalized spacial score (nSPS) is 10.3. The number of esters is 1. The van der Waals surface area contributed by atoms with Gasteiger partial charge in [0, 0.05) is 11.3 Å². The fourth-order valence-electron chi connectivity index (χ4n) is 1.74. The van der Waals surface area contributed by atoms with Crippen molar-refractivity contribution in [3.05, 3.63) is 35.7 Å². The number of hydrogen-bond donors (Lipinski definition) is 1.